The molecule has 16 heavy (non-hydrogen) atoms. The number of carboxylic acid groups (broad SMARTS) is 1. The molecule has 0 radical (unpaired) electrons. The van der Waals surface area contributed by atoms with Gasteiger partial charge in [-0.15, -0.1) is 0 Å². The van der Waals surface area contributed by atoms with Crippen LogP contribution in [0.25, 0.3) is 0 Å². The summed E-state index contributed by atoms with van der Waals surface area (Å²) in [4.78, 5) is 15.1. The number of hydrogen-bond acceptors (Lipinski definition) is 3. The van der Waals surface area contributed by atoms with Gasteiger partial charge in [-0.1, -0.05) is 12.2 Å². The topological polar surface area (TPSA) is 43.8 Å². The van der Waals surface area contributed by atoms with Crippen molar-refractivity contribution in [3.8, 4) is 0 Å². The molecule has 0 saturated carbocycles. The van der Waals surface area contributed by atoms with Crippen LogP contribution in [0.3, 0.4) is 0 Å². The predicted octanol–water partition coefficient (Wildman–Crippen LogP) is 0.797. The molecule has 1 heterocycles. The van der Waals surface area contributed by atoms with E-state index in [1.54, 1.807) is 0 Å². The maximum atomic E-state index is 10.6. The van der Waals surface area contributed by atoms with Crippen molar-refractivity contribution in [2.45, 2.75) is 25.3 Å². The van der Waals surface area contributed by atoms with Gasteiger partial charge in [0.05, 0.1) is 6.54 Å². The highest BCUT2D eigenvalue weighted by Gasteiger charge is 2.23. The molecule has 0 aromatic heterocycles. The monoisotopic (exact) mass is 224 g/mol. The number of rotatable bonds is 3. The van der Waals surface area contributed by atoms with Crippen LogP contribution in [0.4, 0.5) is 0 Å². The Bertz CT molecular complexity index is 270. The predicted molar refractivity (Wildman–Crippen MR) is 62.4 cm³/mol. The second kappa shape index (κ2) is 5.46. The fourth-order valence-electron chi connectivity index (χ4n) is 2.54. The number of allylic oxidation sites excluding steroid dienone is 1. The molecule has 2 rings (SSSR count). The SMILES string of the molecule is O=C(O)CN1CCN(C2C=CCCC2)CC1. The summed E-state index contributed by atoms with van der Waals surface area (Å²) in [6, 6.07) is 0.598. The van der Waals surface area contributed by atoms with Gasteiger partial charge in [0, 0.05) is 32.2 Å². The lowest BCUT2D eigenvalue weighted by molar-refractivity contribution is -0.138. The van der Waals surface area contributed by atoms with Crippen molar-refractivity contribution >= 4 is 5.97 Å². The molecule has 0 aromatic carbocycles. The molecule has 1 aliphatic heterocycles. The van der Waals surface area contributed by atoms with E-state index in [0.717, 1.165) is 26.2 Å². The Labute approximate surface area is 96.5 Å². The Kier molecular flexibility index (Phi) is 3.96. The van der Waals surface area contributed by atoms with Gasteiger partial charge in [-0.05, 0) is 19.3 Å². The molecule has 4 heteroatoms. The molecule has 1 saturated heterocycles. The quantitative estimate of drug-likeness (QED) is 0.720. The van der Waals surface area contributed by atoms with E-state index in [4.69, 9.17) is 5.11 Å². The number of carbonyl (C=O) groups is 1. The van der Waals surface area contributed by atoms with Gasteiger partial charge in [0.25, 0.3) is 0 Å². The van der Waals surface area contributed by atoms with Gasteiger partial charge in [-0.3, -0.25) is 14.6 Å². The van der Waals surface area contributed by atoms with Crippen molar-refractivity contribution in [1.29, 1.82) is 0 Å². The maximum Gasteiger partial charge on any atom is 0.317 e. The molecule has 0 bridgehead atoms. The van der Waals surface area contributed by atoms with Gasteiger partial charge in [-0.25, -0.2) is 0 Å². The van der Waals surface area contributed by atoms with E-state index in [2.05, 4.69) is 17.1 Å². The molecule has 4 nitrogen and oxygen atoms in total. The first-order valence-electron chi connectivity index (χ1n) is 6.10. The van der Waals surface area contributed by atoms with E-state index in [-0.39, 0.29) is 6.54 Å². The van der Waals surface area contributed by atoms with E-state index < -0.39 is 5.97 Å². The van der Waals surface area contributed by atoms with Crippen molar-refractivity contribution in [2.75, 3.05) is 32.7 Å². The van der Waals surface area contributed by atoms with E-state index in [1.807, 2.05) is 4.90 Å². The summed E-state index contributed by atoms with van der Waals surface area (Å²) in [5.41, 5.74) is 0. The summed E-state index contributed by atoms with van der Waals surface area (Å²) < 4.78 is 0. The molecule has 0 amide bonds. The van der Waals surface area contributed by atoms with Crippen LogP contribution in [-0.2, 0) is 4.79 Å². The standard InChI is InChI=1S/C12H20N2O2/c15-12(16)10-13-6-8-14(9-7-13)11-4-2-1-3-5-11/h2,4,11H,1,3,5-10H2,(H,15,16). The van der Waals surface area contributed by atoms with Crippen LogP contribution in [-0.4, -0.2) is 59.6 Å². The second-order valence-corrected chi connectivity index (χ2v) is 4.63. The molecule has 2 aliphatic rings. The highest BCUT2D eigenvalue weighted by Crippen LogP contribution is 2.17. The Morgan fingerprint density at radius 1 is 1.31 bits per heavy atom. The van der Waals surface area contributed by atoms with Crippen molar-refractivity contribution in [1.82, 2.24) is 9.80 Å². The Morgan fingerprint density at radius 3 is 2.62 bits per heavy atom. The second-order valence-electron chi connectivity index (χ2n) is 4.63. The zero-order chi connectivity index (χ0) is 11.4. The van der Waals surface area contributed by atoms with E-state index >= 15 is 0 Å². The van der Waals surface area contributed by atoms with Crippen LogP contribution in [0.15, 0.2) is 12.2 Å². The lowest BCUT2D eigenvalue weighted by atomic mass is 10.0. The van der Waals surface area contributed by atoms with Crippen LogP contribution in [0.5, 0.6) is 0 Å². The summed E-state index contributed by atoms with van der Waals surface area (Å²) in [5, 5.41) is 8.71. The van der Waals surface area contributed by atoms with E-state index in [0.29, 0.717) is 6.04 Å². The van der Waals surface area contributed by atoms with Gasteiger partial charge < -0.3 is 5.11 Å². The Balaban J connectivity index is 1.78. The highest BCUT2D eigenvalue weighted by atomic mass is 16.4. The van der Waals surface area contributed by atoms with Crippen LogP contribution < -0.4 is 0 Å². The molecule has 1 fully saturated rings. The molecule has 0 spiro atoms. The molecule has 90 valence electrons. The molecule has 1 unspecified atom stereocenters. The normalized spacial score (nSPS) is 28.1. The smallest absolute Gasteiger partial charge is 0.317 e. The zero-order valence-electron chi connectivity index (χ0n) is 9.64. The summed E-state index contributed by atoms with van der Waals surface area (Å²) >= 11 is 0. The fourth-order valence-corrected chi connectivity index (χ4v) is 2.54. The van der Waals surface area contributed by atoms with Gasteiger partial charge in [0.1, 0.15) is 0 Å². The molecule has 1 aliphatic carbocycles. The van der Waals surface area contributed by atoms with E-state index in [9.17, 15) is 4.79 Å². The van der Waals surface area contributed by atoms with Crippen LogP contribution in [0, 0.1) is 0 Å². The van der Waals surface area contributed by atoms with Crippen LogP contribution in [0.2, 0.25) is 0 Å². The number of piperazine rings is 1. The minimum atomic E-state index is -0.717. The number of aliphatic carboxylic acids is 1. The first kappa shape index (κ1) is 11.6. The third kappa shape index (κ3) is 3.06. The largest absolute Gasteiger partial charge is 0.480 e. The Morgan fingerprint density at radius 2 is 2.06 bits per heavy atom. The molecular formula is C12H20N2O2. The molecular weight excluding hydrogens is 204 g/mol. The van der Waals surface area contributed by atoms with Gasteiger partial charge in [0.2, 0.25) is 0 Å². The number of carboxylic acids is 1. The Hall–Kier alpha value is -0.870. The molecule has 1 N–H and O–H groups in total. The van der Waals surface area contributed by atoms with Crippen LogP contribution in [0.1, 0.15) is 19.3 Å². The summed E-state index contributed by atoms with van der Waals surface area (Å²) in [5.74, 6) is -0.717. The highest BCUT2D eigenvalue weighted by molar-refractivity contribution is 5.69. The summed E-state index contributed by atoms with van der Waals surface area (Å²) in [6.45, 7) is 3.96. The van der Waals surface area contributed by atoms with Crippen molar-refractivity contribution in [3.63, 3.8) is 0 Å². The zero-order valence-corrected chi connectivity index (χ0v) is 9.64. The van der Waals surface area contributed by atoms with E-state index in [1.165, 1.54) is 19.3 Å². The third-order valence-electron chi connectivity index (χ3n) is 3.46. The van der Waals surface area contributed by atoms with Crippen molar-refractivity contribution in [3.05, 3.63) is 12.2 Å². The average molecular weight is 224 g/mol. The minimum Gasteiger partial charge on any atom is -0.480 e. The fraction of sp³-hybridized carbons (Fsp3) is 0.750. The first-order valence-corrected chi connectivity index (χ1v) is 6.10. The minimum absolute atomic E-state index is 0.189. The summed E-state index contributed by atoms with van der Waals surface area (Å²) in [6.07, 6.45) is 8.36. The molecule has 1 atom stereocenters. The number of hydrogen-bond donors (Lipinski definition) is 1. The first-order chi connectivity index (χ1) is 7.75. The van der Waals surface area contributed by atoms with Gasteiger partial charge >= 0.3 is 5.97 Å². The molecule has 0 aromatic rings. The lowest BCUT2D eigenvalue weighted by Gasteiger charge is -2.38. The van der Waals surface area contributed by atoms with Gasteiger partial charge in [-0.2, -0.15) is 0 Å². The van der Waals surface area contributed by atoms with Crippen molar-refractivity contribution in [2.24, 2.45) is 0 Å². The van der Waals surface area contributed by atoms with Crippen LogP contribution >= 0.6 is 0 Å². The lowest BCUT2D eigenvalue weighted by Crippen LogP contribution is -2.51. The van der Waals surface area contributed by atoms with Gasteiger partial charge in [0.15, 0.2) is 0 Å². The summed E-state index contributed by atoms with van der Waals surface area (Å²) in [7, 11) is 0. The average Bonchev–Trinajstić information content (AvgIpc) is 2.30. The maximum absolute atomic E-state index is 10.6. The third-order valence-corrected chi connectivity index (χ3v) is 3.46. The number of nitrogens with zero attached hydrogens (tertiary/aromatic N) is 2. The van der Waals surface area contributed by atoms with Crippen molar-refractivity contribution < 1.29 is 9.90 Å².